The average Bonchev–Trinajstić information content (AvgIpc) is 3.56. The molecule has 1 aliphatic heterocycles. The summed E-state index contributed by atoms with van der Waals surface area (Å²) in [5.74, 6) is 0.604. The van der Waals surface area contributed by atoms with Crippen LogP contribution in [0.15, 0.2) is 114 Å². The molecular formula is C34H25Cl2N3O2S2. The normalized spacial score (nSPS) is 14.1. The van der Waals surface area contributed by atoms with Crippen molar-refractivity contribution in [3.05, 3.63) is 141 Å². The third-order valence-corrected chi connectivity index (χ3v) is 8.89. The Morgan fingerprint density at radius 1 is 0.907 bits per heavy atom. The molecule has 1 aromatic heterocycles. The van der Waals surface area contributed by atoms with Crippen LogP contribution in [0.2, 0.25) is 10.0 Å². The van der Waals surface area contributed by atoms with Crippen LogP contribution in [0.5, 0.6) is 5.75 Å². The number of carbonyl (C=O) groups excluding carboxylic acids is 1. The quantitative estimate of drug-likeness (QED) is 0.119. The Labute approximate surface area is 269 Å². The van der Waals surface area contributed by atoms with E-state index in [4.69, 9.17) is 45.3 Å². The minimum atomic E-state index is -0.0889. The smallest absolute Gasteiger partial charge is 0.266 e. The highest BCUT2D eigenvalue weighted by molar-refractivity contribution is 8.26. The van der Waals surface area contributed by atoms with Gasteiger partial charge in [0, 0.05) is 39.5 Å². The largest absolute Gasteiger partial charge is 0.489 e. The average molecular weight is 643 g/mol. The zero-order valence-corrected chi connectivity index (χ0v) is 26.0. The summed E-state index contributed by atoms with van der Waals surface area (Å²) in [5.41, 5.74) is 5.37. The summed E-state index contributed by atoms with van der Waals surface area (Å²) in [6.07, 6.45) is 4.56. The van der Waals surface area contributed by atoms with E-state index in [1.807, 2.05) is 95.8 Å². The fourth-order valence-electron chi connectivity index (χ4n) is 4.66. The number of nitrogens with zero attached hydrogens (tertiary/aromatic N) is 3. The number of halogens is 2. The molecule has 0 atom stereocenters. The number of aromatic nitrogens is 2. The molecule has 0 spiro atoms. The molecule has 0 bridgehead atoms. The van der Waals surface area contributed by atoms with Gasteiger partial charge in [-0.1, -0.05) is 102 Å². The Morgan fingerprint density at radius 3 is 2.35 bits per heavy atom. The molecule has 214 valence electrons. The second-order valence-electron chi connectivity index (χ2n) is 9.83. The number of rotatable bonds is 9. The van der Waals surface area contributed by atoms with Crippen molar-refractivity contribution < 1.29 is 9.53 Å². The third kappa shape index (κ3) is 6.86. The maximum absolute atomic E-state index is 13.4. The maximum atomic E-state index is 13.4. The molecule has 0 unspecified atom stereocenters. The van der Waals surface area contributed by atoms with Crippen molar-refractivity contribution in [2.75, 3.05) is 6.54 Å². The van der Waals surface area contributed by atoms with Crippen molar-refractivity contribution in [1.29, 1.82) is 0 Å². The van der Waals surface area contributed by atoms with E-state index in [2.05, 4.69) is 12.1 Å². The number of para-hydroxylation sites is 1. The van der Waals surface area contributed by atoms with Crippen molar-refractivity contribution in [1.82, 2.24) is 14.7 Å². The van der Waals surface area contributed by atoms with Gasteiger partial charge >= 0.3 is 0 Å². The molecule has 9 heteroatoms. The molecule has 0 radical (unpaired) electrons. The summed E-state index contributed by atoms with van der Waals surface area (Å²) in [4.78, 5) is 15.7. The lowest BCUT2D eigenvalue weighted by molar-refractivity contribution is -0.122. The topological polar surface area (TPSA) is 47.4 Å². The van der Waals surface area contributed by atoms with Crippen LogP contribution in [-0.2, 0) is 17.8 Å². The van der Waals surface area contributed by atoms with Gasteiger partial charge in [-0.2, -0.15) is 5.10 Å². The van der Waals surface area contributed by atoms with Gasteiger partial charge in [-0.3, -0.25) is 9.69 Å². The van der Waals surface area contributed by atoms with Gasteiger partial charge in [0.15, 0.2) is 0 Å². The monoisotopic (exact) mass is 641 g/mol. The molecule has 1 amide bonds. The molecule has 1 aliphatic rings. The van der Waals surface area contributed by atoms with Gasteiger partial charge in [-0.05, 0) is 66.6 Å². The van der Waals surface area contributed by atoms with E-state index in [0.29, 0.717) is 38.2 Å². The Balaban J connectivity index is 1.25. The van der Waals surface area contributed by atoms with Crippen LogP contribution in [0.4, 0.5) is 0 Å². The lowest BCUT2D eigenvalue weighted by Gasteiger charge is -2.14. The van der Waals surface area contributed by atoms with E-state index in [9.17, 15) is 4.79 Å². The fraction of sp³-hybridized carbons (Fsp3) is 0.0882. The highest BCUT2D eigenvalue weighted by Gasteiger charge is 2.32. The lowest BCUT2D eigenvalue weighted by Crippen LogP contribution is -2.30. The van der Waals surface area contributed by atoms with E-state index in [-0.39, 0.29) is 5.91 Å². The zero-order chi connectivity index (χ0) is 29.8. The van der Waals surface area contributed by atoms with Gasteiger partial charge in [-0.25, -0.2) is 4.68 Å². The Bertz CT molecular complexity index is 1810. The summed E-state index contributed by atoms with van der Waals surface area (Å²) in [7, 11) is 0. The molecule has 4 aromatic carbocycles. The van der Waals surface area contributed by atoms with Crippen molar-refractivity contribution in [3.8, 4) is 22.7 Å². The number of ether oxygens (including phenoxy) is 1. The molecule has 0 aliphatic carbocycles. The summed E-state index contributed by atoms with van der Waals surface area (Å²) < 4.78 is 8.36. The van der Waals surface area contributed by atoms with Gasteiger partial charge in [0.2, 0.25) is 0 Å². The first-order chi connectivity index (χ1) is 20.9. The lowest BCUT2D eigenvalue weighted by atomic mass is 10.1. The van der Waals surface area contributed by atoms with E-state index in [1.54, 1.807) is 17.0 Å². The molecule has 6 rings (SSSR count). The highest BCUT2D eigenvalue weighted by Crippen LogP contribution is 2.35. The van der Waals surface area contributed by atoms with Crippen molar-refractivity contribution in [2.45, 2.75) is 13.0 Å². The fourth-order valence-corrected chi connectivity index (χ4v) is 6.42. The minimum Gasteiger partial charge on any atom is -0.489 e. The third-order valence-electron chi connectivity index (χ3n) is 6.93. The van der Waals surface area contributed by atoms with E-state index in [0.717, 1.165) is 40.1 Å². The zero-order valence-electron chi connectivity index (χ0n) is 22.8. The van der Waals surface area contributed by atoms with Gasteiger partial charge in [0.25, 0.3) is 5.91 Å². The first-order valence-corrected chi connectivity index (χ1v) is 15.5. The second kappa shape index (κ2) is 13.2. The molecular weight excluding hydrogens is 617 g/mol. The van der Waals surface area contributed by atoms with Crippen LogP contribution in [0, 0.1) is 0 Å². The molecule has 5 nitrogen and oxygen atoms in total. The maximum Gasteiger partial charge on any atom is 0.266 e. The summed E-state index contributed by atoms with van der Waals surface area (Å²) in [6.45, 7) is 0.847. The first-order valence-electron chi connectivity index (χ1n) is 13.6. The summed E-state index contributed by atoms with van der Waals surface area (Å²) >= 11 is 19.2. The second-order valence-corrected chi connectivity index (χ2v) is 12.4. The molecule has 1 saturated heterocycles. The van der Waals surface area contributed by atoms with E-state index in [1.165, 1.54) is 11.8 Å². The van der Waals surface area contributed by atoms with Crippen molar-refractivity contribution in [3.63, 3.8) is 0 Å². The van der Waals surface area contributed by atoms with Crippen molar-refractivity contribution in [2.24, 2.45) is 0 Å². The van der Waals surface area contributed by atoms with E-state index < -0.39 is 0 Å². The summed E-state index contributed by atoms with van der Waals surface area (Å²) in [5, 5.41) is 6.05. The number of thioether (sulfide) groups is 1. The predicted octanol–water partition coefficient (Wildman–Crippen LogP) is 8.87. The minimum absolute atomic E-state index is 0.0889. The number of benzene rings is 4. The summed E-state index contributed by atoms with van der Waals surface area (Å²) in [6, 6.07) is 33.0. The molecule has 0 N–H and O–H groups in total. The van der Waals surface area contributed by atoms with E-state index >= 15 is 0 Å². The van der Waals surface area contributed by atoms with Crippen LogP contribution >= 0.6 is 47.2 Å². The Morgan fingerprint density at radius 2 is 1.63 bits per heavy atom. The Hall–Kier alpha value is -3.88. The molecule has 1 fully saturated rings. The number of carbonyl (C=O) groups is 1. The van der Waals surface area contributed by atoms with Gasteiger partial charge in [-0.15, -0.1) is 0 Å². The van der Waals surface area contributed by atoms with Crippen LogP contribution < -0.4 is 4.74 Å². The highest BCUT2D eigenvalue weighted by atomic mass is 35.5. The number of hydrogen-bond donors (Lipinski definition) is 0. The van der Waals surface area contributed by atoms with Gasteiger partial charge in [0.1, 0.15) is 16.7 Å². The number of thiocarbonyl (C=S) groups is 1. The number of hydrogen-bond acceptors (Lipinski definition) is 5. The van der Waals surface area contributed by atoms with Crippen molar-refractivity contribution >= 4 is 63.5 Å². The Kier molecular flexibility index (Phi) is 8.95. The SMILES string of the molecule is O=C1C(=Cc2cn(-c3ccccc3)nc2-c2ccc(OCc3ccc(Cl)cc3Cl)cc2)SC(=S)N1CCc1ccccc1. The van der Waals surface area contributed by atoms with Crippen LogP contribution in [-0.4, -0.2) is 31.5 Å². The van der Waals surface area contributed by atoms with Crippen LogP contribution in [0.1, 0.15) is 16.7 Å². The molecule has 2 heterocycles. The first kappa shape index (κ1) is 29.2. The standard InChI is InChI=1S/C34H25Cl2N3O2S2/c35-27-14-11-25(30(36)20-27)22-41-29-15-12-24(13-16-29)32-26(21-39(37-32)28-9-5-2-6-10-28)19-31-33(40)38(34(42)43-31)18-17-23-7-3-1-4-8-23/h1-16,19-21H,17-18,22H2. The molecule has 43 heavy (non-hydrogen) atoms. The predicted molar refractivity (Wildman–Crippen MR) is 180 cm³/mol. The molecule has 0 saturated carbocycles. The van der Waals surface area contributed by atoms with Gasteiger partial charge in [0.05, 0.1) is 16.3 Å². The molecule has 5 aromatic rings. The van der Waals surface area contributed by atoms with Crippen LogP contribution in [0.25, 0.3) is 23.0 Å². The van der Waals surface area contributed by atoms with Gasteiger partial charge < -0.3 is 4.74 Å². The number of amides is 1. The van der Waals surface area contributed by atoms with Crippen LogP contribution in [0.3, 0.4) is 0 Å².